The molecule has 0 saturated carbocycles. The third kappa shape index (κ3) is 5.68. The van der Waals surface area contributed by atoms with Crippen LogP contribution in [-0.4, -0.2) is 69.3 Å². The highest BCUT2D eigenvalue weighted by molar-refractivity contribution is 9.10. The quantitative estimate of drug-likeness (QED) is 0.232. The molecule has 0 radical (unpaired) electrons. The molecule has 0 amide bonds. The molecule has 3 aromatic heterocycles. The first kappa shape index (κ1) is 27.3. The summed E-state index contributed by atoms with van der Waals surface area (Å²) in [4.78, 5) is 20.5. The van der Waals surface area contributed by atoms with Gasteiger partial charge in [-0.1, -0.05) is 12.1 Å². The van der Waals surface area contributed by atoms with Gasteiger partial charge in [-0.2, -0.15) is 10.1 Å². The van der Waals surface area contributed by atoms with Gasteiger partial charge in [0.25, 0.3) is 0 Å². The van der Waals surface area contributed by atoms with Crippen LogP contribution in [0.1, 0.15) is 0 Å². The van der Waals surface area contributed by atoms with Crippen LogP contribution in [0.3, 0.4) is 0 Å². The zero-order valence-corrected chi connectivity index (χ0v) is 25.4. The zero-order valence-electron chi connectivity index (χ0n) is 22.9. The number of aromatic nitrogens is 6. The molecule has 2 aromatic carbocycles. The highest BCUT2D eigenvalue weighted by atomic mass is 79.9. The number of morpholine rings is 1. The first-order valence-corrected chi connectivity index (χ1v) is 16.5. The number of halogens is 1. The molecule has 210 valence electrons. The van der Waals surface area contributed by atoms with E-state index in [0.29, 0.717) is 51.5 Å². The SMILES string of the molecule is Cn1cc(-c2cccc(Nc3ncc(Br)c(Nc4ccc5nccnc5c4P(C)(C)=O)n3)c2N2CCOCC2)cn1. The molecule has 1 fully saturated rings. The molecule has 0 atom stereocenters. The second-order valence-electron chi connectivity index (χ2n) is 10.1. The van der Waals surface area contributed by atoms with E-state index < -0.39 is 7.14 Å². The Balaban J connectivity index is 1.39. The van der Waals surface area contributed by atoms with Crippen molar-refractivity contribution in [2.45, 2.75) is 0 Å². The average Bonchev–Trinajstić information content (AvgIpc) is 3.40. The summed E-state index contributed by atoms with van der Waals surface area (Å²) in [6, 6.07) is 9.85. The van der Waals surface area contributed by atoms with Crippen molar-refractivity contribution < 1.29 is 9.30 Å². The Labute approximate surface area is 245 Å². The molecule has 5 aromatic rings. The van der Waals surface area contributed by atoms with E-state index in [1.165, 1.54) is 0 Å². The molecule has 4 heterocycles. The standard InChI is InChI=1S/C28H29BrN9O2P/c1-37-17-18(15-33-37)19-5-4-6-22(25(19)38-11-13-40-14-12-38)35-28-32-16-20(29)27(36-28)34-23-8-7-21-24(31-10-9-30-21)26(23)41(2,3)39/h4-10,15-17H,11-14H2,1-3H3,(H2,32,34,35,36). The predicted octanol–water partition coefficient (Wildman–Crippen LogP) is 5.15. The number of rotatable bonds is 7. The lowest BCUT2D eigenvalue weighted by Crippen LogP contribution is -2.37. The molecule has 2 N–H and O–H groups in total. The van der Waals surface area contributed by atoms with Crippen molar-refractivity contribution in [3.8, 4) is 11.1 Å². The summed E-state index contributed by atoms with van der Waals surface area (Å²) in [6.07, 6.45) is 8.80. The fourth-order valence-corrected chi connectivity index (χ4v) is 6.68. The first-order valence-electron chi connectivity index (χ1n) is 13.1. The van der Waals surface area contributed by atoms with Crippen LogP contribution in [0.15, 0.2) is 65.8 Å². The van der Waals surface area contributed by atoms with Crippen LogP contribution in [0.4, 0.5) is 28.8 Å². The maximum atomic E-state index is 13.4. The third-order valence-corrected chi connectivity index (χ3v) is 8.89. The zero-order chi connectivity index (χ0) is 28.6. The molecule has 1 saturated heterocycles. The Kier molecular flexibility index (Phi) is 7.46. The lowest BCUT2D eigenvalue weighted by atomic mass is 10.0. The van der Waals surface area contributed by atoms with Gasteiger partial charge in [0, 0.05) is 56.1 Å². The highest BCUT2D eigenvalue weighted by Gasteiger charge is 2.23. The number of hydrogen-bond acceptors (Lipinski definition) is 10. The maximum Gasteiger partial charge on any atom is 0.229 e. The second-order valence-corrected chi connectivity index (χ2v) is 14.1. The number of aryl methyl sites for hydroxylation is 1. The van der Waals surface area contributed by atoms with Crippen LogP contribution in [0.25, 0.3) is 22.2 Å². The van der Waals surface area contributed by atoms with Crippen LogP contribution < -0.4 is 20.8 Å². The molecule has 0 spiro atoms. The van der Waals surface area contributed by atoms with Gasteiger partial charge in [-0.15, -0.1) is 0 Å². The van der Waals surface area contributed by atoms with Gasteiger partial charge >= 0.3 is 0 Å². The fraction of sp³-hybridized carbons (Fsp3) is 0.250. The Morgan fingerprint density at radius 3 is 2.54 bits per heavy atom. The van der Waals surface area contributed by atoms with Gasteiger partial charge in [-0.05, 0) is 47.5 Å². The van der Waals surface area contributed by atoms with E-state index in [1.807, 2.05) is 43.7 Å². The topological polar surface area (TPSA) is 123 Å². The monoisotopic (exact) mass is 633 g/mol. The number of benzene rings is 2. The predicted molar refractivity (Wildman–Crippen MR) is 167 cm³/mol. The summed E-state index contributed by atoms with van der Waals surface area (Å²) in [5.74, 6) is 0.934. The molecular weight excluding hydrogens is 605 g/mol. The van der Waals surface area contributed by atoms with Gasteiger partial charge in [0.2, 0.25) is 5.95 Å². The van der Waals surface area contributed by atoms with E-state index in [2.05, 4.69) is 57.6 Å². The highest BCUT2D eigenvalue weighted by Crippen LogP contribution is 2.42. The molecule has 13 heteroatoms. The molecule has 11 nitrogen and oxygen atoms in total. The normalized spacial score (nSPS) is 13.9. The van der Waals surface area contributed by atoms with E-state index in [1.54, 1.807) is 36.6 Å². The molecule has 6 rings (SSSR count). The van der Waals surface area contributed by atoms with Crippen molar-refractivity contribution in [3.05, 3.63) is 65.8 Å². The molecule has 0 bridgehead atoms. The van der Waals surface area contributed by atoms with E-state index >= 15 is 0 Å². The van der Waals surface area contributed by atoms with Crippen molar-refractivity contribution in [2.75, 3.05) is 55.2 Å². The number of anilines is 5. The molecular formula is C28H29BrN9O2P. The number of ether oxygens (including phenoxy) is 1. The Morgan fingerprint density at radius 2 is 1.78 bits per heavy atom. The van der Waals surface area contributed by atoms with Gasteiger partial charge in [0.15, 0.2) is 0 Å². The number of nitrogens with one attached hydrogen (secondary N) is 2. The minimum atomic E-state index is -2.74. The van der Waals surface area contributed by atoms with E-state index in [-0.39, 0.29) is 0 Å². The fourth-order valence-electron chi connectivity index (χ4n) is 5.00. The maximum absolute atomic E-state index is 13.4. The van der Waals surface area contributed by atoms with Crippen LogP contribution in [0, 0.1) is 0 Å². The lowest BCUT2D eigenvalue weighted by Gasteiger charge is -2.32. The minimum Gasteiger partial charge on any atom is -0.378 e. The van der Waals surface area contributed by atoms with E-state index in [0.717, 1.165) is 35.6 Å². The Hall–Kier alpha value is -3.86. The van der Waals surface area contributed by atoms with Gasteiger partial charge in [-0.3, -0.25) is 14.6 Å². The number of fused-ring (bicyclic) bond motifs is 1. The minimum absolute atomic E-state index is 0.409. The summed E-state index contributed by atoms with van der Waals surface area (Å²) in [5.41, 5.74) is 5.94. The van der Waals surface area contributed by atoms with Gasteiger partial charge < -0.3 is 24.8 Å². The lowest BCUT2D eigenvalue weighted by molar-refractivity contribution is 0.123. The van der Waals surface area contributed by atoms with Crippen LogP contribution in [0.5, 0.6) is 0 Å². The van der Waals surface area contributed by atoms with Crippen molar-refractivity contribution >= 4 is 68.2 Å². The molecule has 1 aliphatic rings. The summed E-state index contributed by atoms with van der Waals surface area (Å²) in [6.45, 7) is 6.29. The smallest absolute Gasteiger partial charge is 0.229 e. The van der Waals surface area contributed by atoms with Crippen molar-refractivity contribution in [1.29, 1.82) is 0 Å². The first-order chi connectivity index (χ1) is 19.8. The summed E-state index contributed by atoms with van der Waals surface area (Å²) in [7, 11) is -0.827. The molecule has 41 heavy (non-hydrogen) atoms. The number of para-hydroxylation sites is 1. The number of hydrogen-bond donors (Lipinski definition) is 2. The summed E-state index contributed by atoms with van der Waals surface area (Å²) < 4.78 is 21.5. The van der Waals surface area contributed by atoms with Crippen molar-refractivity contribution in [1.82, 2.24) is 29.7 Å². The summed E-state index contributed by atoms with van der Waals surface area (Å²) >= 11 is 3.58. The van der Waals surface area contributed by atoms with E-state index in [9.17, 15) is 4.57 Å². The van der Waals surface area contributed by atoms with E-state index in [4.69, 9.17) is 9.72 Å². The Bertz CT molecular complexity index is 1780. The van der Waals surface area contributed by atoms with Crippen LogP contribution >= 0.6 is 23.1 Å². The average molecular weight is 634 g/mol. The van der Waals surface area contributed by atoms with Crippen molar-refractivity contribution in [2.24, 2.45) is 7.05 Å². The van der Waals surface area contributed by atoms with Crippen LogP contribution in [0.2, 0.25) is 0 Å². The van der Waals surface area contributed by atoms with Crippen molar-refractivity contribution in [3.63, 3.8) is 0 Å². The Morgan fingerprint density at radius 1 is 0.976 bits per heavy atom. The van der Waals surface area contributed by atoms with Gasteiger partial charge in [0.1, 0.15) is 18.5 Å². The number of nitrogens with zero attached hydrogens (tertiary/aromatic N) is 7. The molecule has 0 aliphatic carbocycles. The second kappa shape index (κ2) is 11.2. The largest absolute Gasteiger partial charge is 0.378 e. The summed E-state index contributed by atoms with van der Waals surface area (Å²) in [5, 5.41) is 11.8. The third-order valence-electron chi connectivity index (χ3n) is 6.78. The van der Waals surface area contributed by atoms with Crippen LogP contribution in [-0.2, 0) is 16.3 Å². The molecule has 1 aliphatic heterocycles. The van der Waals surface area contributed by atoms with Gasteiger partial charge in [-0.25, -0.2) is 4.98 Å². The molecule has 0 unspecified atom stereocenters. The van der Waals surface area contributed by atoms with Gasteiger partial charge in [0.05, 0.1) is 51.8 Å².